The maximum Gasteiger partial charge on any atom is 0.410 e. The van der Waals surface area contributed by atoms with E-state index in [0.717, 1.165) is 0 Å². The Morgan fingerprint density at radius 2 is 1.86 bits per heavy atom. The number of carbonyl (C=O) groups excluding carboxylic acids is 1. The molecule has 0 aliphatic carbocycles. The van der Waals surface area contributed by atoms with E-state index in [1.807, 2.05) is 34.6 Å². The first-order valence-electron chi connectivity index (χ1n) is 7.98. The topological polar surface area (TPSA) is 70.0 Å². The molecule has 5 heteroatoms. The first-order chi connectivity index (χ1) is 9.60. The monoisotopic (exact) mass is 301 g/mol. The van der Waals surface area contributed by atoms with E-state index in [1.54, 1.807) is 4.90 Å². The van der Waals surface area contributed by atoms with Crippen LogP contribution in [0.3, 0.4) is 0 Å². The summed E-state index contributed by atoms with van der Waals surface area (Å²) in [4.78, 5) is 13.8. The number of amides is 1. The normalized spacial score (nSPS) is 24.0. The Hall–Kier alpha value is -0.810. The zero-order valence-electron chi connectivity index (χ0n) is 14.1. The van der Waals surface area contributed by atoms with E-state index in [0.29, 0.717) is 38.8 Å². The molecule has 0 saturated carbocycles. The van der Waals surface area contributed by atoms with E-state index in [2.05, 4.69) is 0 Å². The van der Waals surface area contributed by atoms with E-state index >= 15 is 0 Å². The molecule has 124 valence electrons. The molecule has 1 amide bonds. The summed E-state index contributed by atoms with van der Waals surface area (Å²) in [6.07, 6.45) is 1.55. The van der Waals surface area contributed by atoms with Crippen LogP contribution in [0.15, 0.2) is 0 Å². The van der Waals surface area contributed by atoms with Gasteiger partial charge in [-0.3, -0.25) is 0 Å². The molecule has 1 aliphatic heterocycles. The summed E-state index contributed by atoms with van der Waals surface area (Å²) in [5.41, 5.74) is -1.28. The summed E-state index contributed by atoms with van der Waals surface area (Å²) >= 11 is 0. The van der Waals surface area contributed by atoms with Crippen molar-refractivity contribution in [3.8, 4) is 0 Å². The zero-order valence-corrected chi connectivity index (χ0v) is 14.1. The van der Waals surface area contributed by atoms with Gasteiger partial charge in [-0.1, -0.05) is 13.8 Å². The van der Waals surface area contributed by atoms with Crippen LogP contribution in [0.1, 0.15) is 60.3 Å². The molecule has 0 spiro atoms. The van der Waals surface area contributed by atoms with Gasteiger partial charge in [-0.15, -0.1) is 0 Å². The Bertz CT molecular complexity index is 347. The van der Waals surface area contributed by atoms with E-state index in [1.165, 1.54) is 0 Å². The van der Waals surface area contributed by atoms with Crippen LogP contribution >= 0.6 is 0 Å². The lowest BCUT2D eigenvalue weighted by atomic mass is 9.81. The minimum Gasteiger partial charge on any atom is -0.444 e. The van der Waals surface area contributed by atoms with E-state index in [-0.39, 0.29) is 12.0 Å². The van der Waals surface area contributed by atoms with Crippen LogP contribution < -0.4 is 0 Å². The van der Waals surface area contributed by atoms with Crippen molar-refractivity contribution in [1.29, 1.82) is 0 Å². The molecule has 0 aromatic rings. The van der Waals surface area contributed by atoms with Crippen LogP contribution in [-0.4, -0.2) is 51.6 Å². The van der Waals surface area contributed by atoms with Gasteiger partial charge in [0.25, 0.3) is 0 Å². The van der Waals surface area contributed by atoms with Gasteiger partial charge in [0.15, 0.2) is 0 Å². The van der Waals surface area contributed by atoms with Gasteiger partial charge in [-0.05, 0) is 46.5 Å². The first-order valence-corrected chi connectivity index (χ1v) is 7.98. The predicted octanol–water partition coefficient (Wildman–Crippen LogP) is 2.55. The second kappa shape index (κ2) is 6.97. The van der Waals surface area contributed by atoms with Crippen molar-refractivity contribution in [3.63, 3.8) is 0 Å². The van der Waals surface area contributed by atoms with Crippen LogP contribution in [0.25, 0.3) is 0 Å². The molecule has 2 unspecified atom stereocenters. The predicted molar refractivity (Wildman–Crippen MR) is 82.1 cm³/mol. The maximum atomic E-state index is 12.1. The lowest BCUT2D eigenvalue weighted by Gasteiger charge is -2.40. The highest BCUT2D eigenvalue weighted by molar-refractivity contribution is 5.68. The highest BCUT2D eigenvalue weighted by Gasteiger charge is 2.37. The molecule has 21 heavy (non-hydrogen) atoms. The average Bonchev–Trinajstić information content (AvgIpc) is 2.39. The Morgan fingerprint density at radius 1 is 1.29 bits per heavy atom. The molecular formula is C16H31NO4. The molecule has 1 rings (SSSR count). The minimum atomic E-state index is -0.761. The summed E-state index contributed by atoms with van der Waals surface area (Å²) in [6, 6.07) is 0. The number of piperidine rings is 1. The lowest BCUT2D eigenvalue weighted by Crippen LogP contribution is -2.49. The molecule has 2 N–H and O–H groups in total. The summed E-state index contributed by atoms with van der Waals surface area (Å²) < 4.78 is 5.39. The van der Waals surface area contributed by atoms with Crippen molar-refractivity contribution < 1.29 is 19.7 Å². The molecule has 0 radical (unpaired) electrons. The molecule has 5 nitrogen and oxygen atoms in total. The SMILES string of the molecule is CCC(O)(CC)CC1CN(C(=O)OC(C)(C)C)CCC1O. The van der Waals surface area contributed by atoms with E-state index in [9.17, 15) is 15.0 Å². The number of aliphatic hydroxyl groups is 2. The molecule has 2 atom stereocenters. The summed E-state index contributed by atoms with van der Waals surface area (Å²) in [7, 11) is 0. The third kappa shape index (κ3) is 5.47. The Labute approximate surface area is 128 Å². The molecule has 0 aromatic carbocycles. The van der Waals surface area contributed by atoms with E-state index < -0.39 is 17.3 Å². The molecule has 1 aliphatic rings. The third-order valence-corrected chi connectivity index (χ3v) is 4.30. The van der Waals surface area contributed by atoms with Crippen molar-refractivity contribution in [2.75, 3.05) is 13.1 Å². The van der Waals surface area contributed by atoms with Crippen LogP contribution in [0.4, 0.5) is 4.79 Å². The Balaban J connectivity index is 2.68. The van der Waals surface area contributed by atoms with Gasteiger partial charge in [0.2, 0.25) is 0 Å². The number of hydrogen-bond donors (Lipinski definition) is 2. The van der Waals surface area contributed by atoms with Gasteiger partial charge in [-0.2, -0.15) is 0 Å². The van der Waals surface area contributed by atoms with Gasteiger partial charge < -0.3 is 19.8 Å². The largest absolute Gasteiger partial charge is 0.444 e. The lowest BCUT2D eigenvalue weighted by molar-refractivity contribution is -0.0497. The van der Waals surface area contributed by atoms with Gasteiger partial charge in [0.1, 0.15) is 5.60 Å². The fraction of sp³-hybridized carbons (Fsp3) is 0.938. The standard InChI is InChI=1S/C16H31NO4/c1-6-16(20,7-2)10-12-11-17(9-8-13(12)18)14(19)21-15(3,4)5/h12-13,18,20H,6-11H2,1-5H3. The molecule has 1 fully saturated rings. The van der Waals surface area contributed by atoms with Crippen molar-refractivity contribution in [3.05, 3.63) is 0 Å². The summed E-state index contributed by atoms with van der Waals surface area (Å²) in [5.74, 6) is -0.101. The quantitative estimate of drug-likeness (QED) is 0.837. The van der Waals surface area contributed by atoms with Crippen LogP contribution in [0, 0.1) is 5.92 Å². The second-order valence-electron chi connectivity index (χ2n) is 7.18. The number of likely N-dealkylation sites (tertiary alicyclic amines) is 1. The summed E-state index contributed by atoms with van der Waals surface area (Å²) in [5, 5.41) is 20.6. The zero-order chi connectivity index (χ0) is 16.3. The average molecular weight is 301 g/mol. The molecule has 0 aromatic heterocycles. The molecule has 1 heterocycles. The first kappa shape index (κ1) is 18.2. The fourth-order valence-electron chi connectivity index (χ4n) is 2.74. The number of hydrogen-bond acceptors (Lipinski definition) is 4. The number of ether oxygens (including phenoxy) is 1. The highest BCUT2D eigenvalue weighted by atomic mass is 16.6. The third-order valence-electron chi connectivity index (χ3n) is 4.30. The van der Waals surface area contributed by atoms with Crippen LogP contribution in [-0.2, 0) is 4.74 Å². The molecule has 0 bridgehead atoms. The number of rotatable bonds is 4. The van der Waals surface area contributed by atoms with Crippen LogP contribution in [0.5, 0.6) is 0 Å². The van der Waals surface area contributed by atoms with Gasteiger partial charge >= 0.3 is 6.09 Å². The maximum absolute atomic E-state index is 12.1. The van der Waals surface area contributed by atoms with Gasteiger partial charge in [0.05, 0.1) is 11.7 Å². The Kier molecular flexibility index (Phi) is 6.05. The van der Waals surface area contributed by atoms with Crippen LogP contribution in [0.2, 0.25) is 0 Å². The van der Waals surface area contributed by atoms with Gasteiger partial charge in [-0.25, -0.2) is 4.79 Å². The number of aliphatic hydroxyl groups excluding tert-OH is 1. The number of nitrogens with zero attached hydrogens (tertiary/aromatic N) is 1. The van der Waals surface area contributed by atoms with Crippen molar-refractivity contribution in [2.24, 2.45) is 5.92 Å². The van der Waals surface area contributed by atoms with Crippen molar-refractivity contribution in [2.45, 2.75) is 77.6 Å². The van der Waals surface area contributed by atoms with E-state index in [4.69, 9.17) is 4.74 Å². The van der Waals surface area contributed by atoms with Crippen molar-refractivity contribution in [1.82, 2.24) is 4.90 Å². The van der Waals surface area contributed by atoms with Gasteiger partial charge in [0, 0.05) is 19.0 Å². The number of carbonyl (C=O) groups is 1. The highest BCUT2D eigenvalue weighted by Crippen LogP contribution is 2.30. The molecule has 1 saturated heterocycles. The minimum absolute atomic E-state index is 0.101. The molecular weight excluding hydrogens is 270 g/mol. The van der Waals surface area contributed by atoms with Crippen molar-refractivity contribution >= 4 is 6.09 Å². The smallest absolute Gasteiger partial charge is 0.410 e. The Morgan fingerprint density at radius 3 is 2.33 bits per heavy atom. The summed E-state index contributed by atoms with van der Waals surface area (Å²) in [6.45, 7) is 10.4. The fourth-order valence-corrected chi connectivity index (χ4v) is 2.74. The second-order valence-corrected chi connectivity index (χ2v) is 7.18.